The number of likely N-dealkylation sites (tertiary alicyclic amines) is 1. The number of piperidine rings is 1. The van der Waals surface area contributed by atoms with Gasteiger partial charge in [0.2, 0.25) is 5.91 Å². The van der Waals surface area contributed by atoms with Gasteiger partial charge in [0.15, 0.2) is 0 Å². The number of aryl methyl sites for hydroxylation is 1. The van der Waals surface area contributed by atoms with Crippen LogP contribution in [0.1, 0.15) is 18.4 Å². The van der Waals surface area contributed by atoms with Crippen molar-refractivity contribution < 1.29 is 14.6 Å². The van der Waals surface area contributed by atoms with Crippen LogP contribution in [0.25, 0.3) is 0 Å². The molecule has 0 radical (unpaired) electrons. The SMILES string of the molecule is COc1cc(Cl)c(C)cc1NC(=O)CN1CCCC(O)C1. The van der Waals surface area contributed by atoms with E-state index in [0.29, 0.717) is 23.0 Å². The van der Waals surface area contributed by atoms with Crippen LogP contribution in [0.4, 0.5) is 5.69 Å². The Balaban J connectivity index is 2.00. The van der Waals surface area contributed by atoms with Gasteiger partial charge in [-0.1, -0.05) is 11.6 Å². The van der Waals surface area contributed by atoms with E-state index in [-0.39, 0.29) is 18.6 Å². The van der Waals surface area contributed by atoms with Gasteiger partial charge < -0.3 is 15.2 Å². The van der Waals surface area contributed by atoms with Gasteiger partial charge >= 0.3 is 0 Å². The summed E-state index contributed by atoms with van der Waals surface area (Å²) >= 11 is 6.04. The van der Waals surface area contributed by atoms with Gasteiger partial charge in [-0.15, -0.1) is 0 Å². The number of benzene rings is 1. The molecule has 0 aromatic heterocycles. The fraction of sp³-hybridized carbons (Fsp3) is 0.533. The minimum atomic E-state index is -0.334. The maximum absolute atomic E-state index is 12.1. The summed E-state index contributed by atoms with van der Waals surface area (Å²) in [5, 5.41) is 13.1. The molecule has 116 valence electrons. The van der Waals surface area contributed by atoms with Crippen LogP contribution in [-0.2, 0) is 4.79 Å². The van der Waals surface area contributed by atoms with Gasteiger partial charge in [0.05, 0.1) is 25.4 Å². The summed E-state index contributed by atoms with van der Waals surface area (Å²) in [6, 6.07) is 3.49. The van der Waals surface area contributed by atoms with Crippen LogP contribution in [-0.4, -0.2) is 48.8 Å². The number of nitrogens with zero attached hydrogens (tertiary/aromatic N) is 1. The number of carbonyl (C=O) groups excluding carboxylic acids is 1. The zero-order valence-electron chi connectivity index (χ0n) is 12.4. The second-order valence-corrected chi connectivity index (χ2v) is 5.79. The number of nitrogens with one attached hydrogen (secondary N) is 1. The van der Waals surface area contributed by atoms with Gasteiger partial charge in [-0.05, 0) is 37.9 Å². The predicted molar refractivity (Wildman–Crippen MR) is 83.1 cm³/mol. The van der Waals surface area contributed by atoms with E-state index in [1.165, 1.54) is 7.11 Å². The van der Waals surface area contributed by atoms with Crippen molar-refractivity contribution in [3.05, 3.63) is 22.7 Å². The van der Waals surface area contributed by atoms with E-state index < -0.39 is 0 Å². The second-order valence-electron chi connectivity index (χ2n) is 5.38. The normalized spacial score (nSPS) is 19.3. The number of hydrogen-bond donors (Lipinski definition) is 2. The first kappa shape index (κ1) is 16.1. The summed E-state index contributed by atoms with van der Waals surface area (Å²) < 4.78 is 5.24. The lowest BCUT2D eigenvalue weighted by atomic mass is 10.1. The largest absolute Gasteiger partial charge is 0.495 e. The number of halogens is 1. The topological polar surface area (TPSA) is 61.8 Å². The Labute approximate surface area is 129 Å². The standard InChI is InChI=1S/C15H21ClN2O3/c1-10-6-13(14(21-2)7-12(10)16)17-15(20)9-18-5-3-4-11(19)8-18/h6-7,11,19H,3-5,8-9H2,1-2H3,(H,17,20). The third kappa shape index (κ3) is 4.33. The number of ether oxygens (including phenoxy) is 1. The van der Waals surface area contributed by atoms with Gasteiger partial charge in [-0.3, -0.25) is 9.69 Å². The van der Waals surface area contributed by atoms with Crippen LogP contribution in [0.5, 0.6) is 5.75 Å². The fourth-order valence-corrected chi connectivity index (χ4v) is 2.65. The van der Waals surface area contributed by atoms with Crippen LogP contribution < -0.4 is 10.1 Å². The van der Waals surface area contributed by atoms with Crippen molar-refractivity contribution in [3.8, 4) is 5.75 Å². The van der Waals surface area contributed by atoms with E-state index >= 15 is 0 Å². The van der Waals surface area contributed by atoms with Gasteiger partial charge in [-0.25, -0.2) is 0 Å². The van der Waals surface area contributed by atoms with E-state index in [4.69, 9.17) is 16.3 Å². The molecule has 0 aliphatic carbocycles. The molecule has 1 unspecified atom stereocenters. The summed E-state index contributed by atoms with van der Waals surface area (Å²) in [4.78, 5) is 14.1. The average Bonchev–Trinajstić information content (AvgIpc) is 2.42. The molecule has 1 aliphatic heterocycles. The Kier molecular flexibility index (Phi) is 5.45. The molecule has 1 amide bonds. The summed E-state index contributed by atoms with van der Waals surface area (Å²) in [6.45, 7) is 3.52. The molecule has 1 fully saturated rings. The number of carbonyl (C=O) groups is 1. The van der Waals surface area contributed by atoms with Gasteiger partial charge in [0, 0.05) is 17.6 Å². The maximum atomic E-state index is 12.1. The first-order valence-electron chi connectivity index (χ1n) is 7.04. The number of aliphatic hydroxyl groups excluding tert-OH is 1. The Morgan fingerprint density at radius 3 is 3.00 bits per heavy atom. The highest BCUT2D eigenvalue weighted by molar-refractivity contribution is 6.31. The van der Waals surface area contributed by atoms with Crippen molar-refractivity contribution in [3.63, 3.8) is 0 Å². The summed E-state index contributed by atoms with van der Waals surface area (Å²) in [7, 11) is 1.54. The number of methoxy groups -OCH3 is 1. The smallest absolute Gasteiger partial charge is 0.238 e. The van der Waals surface area contributed by atoms with E-state index in [1.807, 2.05) is 11.8 Å². The number of anilines is 1. The molecule has 0 bridgehead atoms. The molecular formula is C15H21ClN2O3. The second kappa shape index (κ2) is 7.11. The summed E-state index contributed by atoms with van der Waals surface area (Å²) in [5.41, 5.74) is 1.49. The average molecular weight is 313 g/mol. The molecule has 2 rings (SSSR count). The number of aliphatic hydroxyl groups is 1. The van der Waals surface area contributed by atoms with Gasteiger partial charge in [0.1, 0.15) is 5.75 Å². The minimum absolute atomic E-state index is 0.121. The number of amides is 1. The van der Waals surface area contributed by atoms with Crippen molar-refractivity contribution in [1.29, 1.82) is 0 Å². The Morgan fingerprint density at radius 1 is 1.57 bits per heavy atom. The highest BCUT2D eigenvalue weighted by Gasteiger charge is 2.20. The molecular weight excluding hydrogens is 292 g/mol. The van der Waals surface area contributed by atoms with Gasteiger partial charge in [-0.2, -0.15) is 0 Å². The first-order chi connectivity index (χ1) is 9.99. The Morgan fingerprint density at radius 2 is 2.33 bits per heavy atom. The van der Waals surface area contributed by atoms with E-state index in [0.717, 1.165) is 24.9 Å². The van der Waals surface area contributed by atoms with E-state index in [1.54, 1.807) is 12.1 Å². The molecule has 1 atom stereocenters. The molecule has 1 heterocycles. The molecule has 21 heavy (non-hydrogen) atoms. The third-order valence-electron chi connectivity index (χ3n) is 3.60. The maximum Gasteiger partial charge on any atom is 0.238 e. The van der Waals surface area contributed by atoms with Crippen LogP contribution in [0.3, 0.4) is 0 Å². The molecule has 5 nitrogen and oxygen atoms in total. The first-order valence-corrected chi connectivity index (χ1v) is 7.42. The molecule has 0 saturated carbocycles. The molecule has 1 aliphatic rings. The Bertz CT molecular complexity index is 522. The monoisotopic (exact) mass is 312 g/mol. The highest BCUT2D eigenvalue weighted by atomic mass is 35.5. The number of hydrogen-bond acceptors (Lipinski definition) is 4. The van der Waals surface area contributed by atoms with Crippen LogP contribution in [0, 0.1) is 6.92 Å². The lowest BCUT2D eigenvalue weighted by Crippen LogP contribution is -2.42. The van der Waals surface area contributed by atoms with Crippen molar-refractivity contribution in [1.82, 2.24) is 4.90 Å². The van der Waals surface area contributed by atoms with Gasteiger partial charge in [0.25, 0.3) is 0 Å². The number of rotatable bonds is 4. The Hall–Kier alpha value is -1.30. The van der Waals surface area contributed by atoms with Crippen LogP contribution in [0.15, 0.2) is 12.1 Å². The van der Waals surface area contributed by atoms with Crippen molar-refractivity contribution in [2.45, 2.75) is 25.9 Å². The van der Waals surface area contributed by atoms with Crippen molar-refractivity contribution in [2.24, 2.45) is 0 Å². The zero-order valence-corrected chi connectivity index (χ0v) is 13.1. The van der Waals surface area contributed by atoms with Crippen molar-refractivity contribution in [2.75, 3.05) is 32.1 Å². The van der Waals surface area contributed by atoms with Crippen LogP contribution >= 0.6 is 11.6 Å². The van der Waals surface area contributed by atoms with Crippen molar-refractivity contribution >= 4 is 23.2 Å². The third-order valence-corrected chi connectivity index (χ3v) is 4.01. The van der Waals surface area contributed by atoms with E-state index in [2.05, 4.69) is 5.32 Å². The minimum Gasteiger partial charge on any atom is -0.495 e. The predicted octanol–water partition coefficient (Wildman–Crippen LogP) is 2.05. The molecule has 1 aromatic carbocycles. The number of β-amino-alcohol motifs (C(OH)–C–C–N with tert-alkyl or cyclic N) is 1. The lowest BCUT2D eigenvalue weighted by molar-refractivity contribution is -0.118. The zero-order chi connectivity index (χ0) is 15.4. The highest BCUT2D eigenvalue weighted by Crippen LogP contribution is 2.30. The summed E-state index contributed by atoms with van der Waals surface area (Å²) in [5.74, 6) is 0.418. The molecule has 1 saturated heterocycles. The fourth-order valence-electron chi connectivity index (χ4n) is 2.50. The lowest BCUT2D eigenvalue weighted by Gasteiger charge is -2.29. The summed E-state index contributed by atoms with van der Waals surface area (Å²) in [6.07, 6.45) is 1.39. The molecule has 1 aromatic rings. The quantitative estimate of drug-likeness (QED) is 0.893. The van der Waals surface area contributed by atoms with Crippen LogP contribution in [0.2, 0.25) is 5.02 Å². The van der Waals surface area contributed by atoms with E-state index in [9.17, 15) is 9.90 Å². The molecule has 0 spiro atoms. The molecule has 6 heteroatoms. The molecule has 2 N–H and O–H groups in total.